The standard InChI is InChI=1S/C17H19N3O4S/c1-12-6-2-3-7-15(12)25(23,24)19-13-10-14(17(21)22)16(18-11-13)20-8-4-5-9-20/h2-3,6-7,10-11,19H,4-5,8-9H2,1H3,(H,21,22). The van der Waals surface area contributed by atoms with Gasteiger partial charge < -0.3 is 10.0 Å². The topological polar surface area (TPSA) is 99.6 Å². The van der Waals surface area contributed by atoms with Gasteiger partial charge in [0.2, 0.25) is 0 Å². The van der Waals surface area contributed by atoms with E-state index >= 15 is 0 Å². The van der Waals surface area contributed by atoms with E-state index in [1.54, 1.807) is 25.1 Å². The molecule has 0 saturated carbocycles. The van der Waals surface area contributed by atoms with Gasteiger partial charge in [-0.15, -0.1) is 0 Å². The Morgan fingerprint density at radius 1 is 1.24 bits per heavy atom. The zero-order chi connectivity index (χ0) is 18.0. The molecule has 0 bridgehead atoms. The molecule has 8 heteroatoms. The lowest BCUT2D eigenvalue weighted by Gasteiger charge is -2.19. The molecule has 0 radical (unpaired) electrons. The number of sulfonamides is 1. The van der Waals surface area contributed by atoms with Crippen molar-refractivity contribution in [1.29, 1.82) is 0 Å². The molecule has 2 aromatic rings. The SMILES string of the molecule is Cc1ccccc1S(=O)(=O)Nc1cnc(N2CCCC2)c(C(=O)O)c1. The fraction of sp³-hybridized carbons (Fsp3) is 0.294. The third-order valence-electron chi connectivity index (χ3n) is 4.14. The third kappa shape index (κ3) is 3.58. The number of nitrogens with zero attached hydrogens (tertiary/aromatic N) is 2. The molecule has 1 aromatic carbocycles. The van der Waals surface area contributed by atoms with E-state index in [4.69, 9.17) is 0 Å². The molecule has 0 aliphatic carbocycles. The number of hydrogen-bond acceptors (Lipinski definition) is 5. The first kappa shape index (κ1) is 17.2. The molecule has 132 valence electrons. The molecule has 1 aliphatic heterocycles. The second-order valence-electron chi connectivity index (χ2n) is 5.97. The number of nitrogens with one attached hydrogen (secondary N) is 1. The first-order chi connectivity index (χ1) is 11.9. The lowest BCUT2D eigenvalue weighted by Crippen LogP contribution is -2.22. The van der Waals surface area contributed by atoms with Crippen LogP contribution in [0.3, 0.4) is 0 Å². The maximum absolute atomic E-state index is 12.5. The van der Waals surface area contributed by atoms with Crippen molar-refractivity contribution in [3.8, 4) is 0 Å². The number of aromatic carboxylic acids is 1. The summed E-state index contributed by atoms with van der Waals surface area (Å²) in [7, 11) is -3.81. The molecular weight excluding hydrogens is 342 g/mol. The molecule has 7 nitrogen and oxygen atoms in total. The van der Waals surface area contributed by atoms with Crippen molar-refractivity contribution in [2.45, 2.75) is 24.7 Å². The molecule has 0 unspecified atom stereocenters. The van der Waals surface area contributed by atoms with Crippen LogP contribution in [-0.4, -0.2) is 37.6 Å². The Hall–Kier alpha value is -2.61. The highest BCUT2D eigenvalue weighted by atomic mass is 32.2. The van der Waals surface area contributed by atoms with Gasteiger partial charge in [-0.25, -0.2) is 18.2 Å². The minimum absolute atomic E-state index is 0.00752. The maximum atomic E-state index is 12.5. The van der Waals surface area contributed by atoms with Crippen molar-refractivity contribution in [3.63, 3.8) is 0 Å². The molecule has 1 aromatic heterocycles. The Bertz CT molecular complexity index is 906. The summed E-state index contributed by atoms with van der Waals surface area (Å²) in [5, 5.41) is 9.47. The van der Waals surface area contributed by atoms with Crippen LogP contribution in [0, 0.1) is 6.92 Å². The van der Waals surface area contributed by atoms with Crippen LogP contribution in [0.15, 0.2) is 41.4 Å². The Morgan fingerprint density at radius 2 is 1.92 bits per heavy atom. The minimum atomic E-state index is -3.81. The summed E-state index contributed by atoms with van der Waals surface area (Å²) >= 11 is 0. The molecule has 2 N–H and O–H groups in total. The van der Waals surface area contributed by atoms with Gasteiger partial charge >= 0.3 is 5.97 Å². The number of benzene rings is 1. The number of carbonyl (C=O) groups is 1. The van der Waals surface area contributed by atoms with Gasteiger partial charge in [-0.2, -0.15) is 0 Å². The van der Waals surface area contributed by atoms with E-state index in [0.29, 0.717) is 11.4 Å². The number of pyridine rings is 1. The van der Waals surface area contributed by atoms with Gasteiger partial charge in [-0.3, -0.25) is 4.72 Å². The largest absolute Gasteiger partial charge is 0.478 e. The normalized spacial score (nSPS) is 14.5. The summed E-state index contributed by atoms with van der Waals surface area (Å²) in [5.74, 6) is -0.754. The number of carboxylic acids is 1. The first-order valence-electron chi connectivity index (χ1n) is 7.95. The van der Waals surface area contributed by atoms with Crippen LogP contribution in [0.2, 0.25) is 0 Å². The lowest BCUT2D eigenvalue weighted by molar-refractivity contribution is 0.0697. The van der Waals surface area contributed by atoms with Crippen LogP contribution in [0.25, 0.3) is 0 Å². The highest BCUT2D eigenvalue weighted by molar-refractivity contribution is 7.92. The van der Waals surface area contributed by atoms with Gasteiger partial charge in [0.25, 0.3) is 10.0 Å². The molecule has 1 fully saturated rings. The Kier molecular flexibility index (Phi) is 4.63. The van der Waals surface area contributed by atoms with Gasteiger partial charge in [-0.1, -0.05) is 18.2 Å². The summed E-state index contributed by atoms with van der Waals surface area (Å²) in [6.07, 6.45) is 3.33. The minimum Gasteiger partial charge on any atom is -0.478 e. The van der Waals surface area contributed by atoms with Crippen molar-refractivity contribution in [2.24, 2.45) is 0 Å². The average Bonchev–Trinajstić information content (AvgIpc) is 3.09. The summed E-state index contributed by atoms with van der Waals surface area (Å²) < 4.78 is 27.5. The van der Waals surface area contributed by atoms with E-state index < -0.39 is 16.0 Å². The van der Waals surface area contributed by atoms with Crippen LogP contribution < -0.4 is 9.62 Å². The number of anilines is 2. The summed E-state index contributed by atoms with van der Waals surface area (Å²) in [4.78, 5) is 17.8. The van der Waals surface area contributed by atoms with Gasteiger partial charge in [-0.05, 0) is 37.5 Å². The highest BCUT2D eigenvalue weighted by Crippen LogP contribution is 2.26. The first-order valence-corrected chi connectivity index (χ1v) is 9.43. The molecular formula is C17H19N3O4S. The number of aromatic nitrogens is 1. The molecule has 0 spiro atoms. The van der Waals surface area contributed by atoms with E-state index in [0.717, 1.165) is 25.9 Å². The van der Waals surface area contributed by atoms with Crippen molar-refractivity contribution in [1.82, 2.24) is 4.98 Å². The van der Waals surface area contributed by atoms with E-state index in [-0.39, 0.29) is 16.1 Å². The molecule has 0 amide bonds. The van der Waals surface area contributed by atoms with Crippen LogP contribution in [0.5, 0.6) is 0 Å². The predicted octanol–water partition coefficient (Wildman–Crippen LogP) is 2.49. The van der Waals surface area contributed by atoms with Crippen molar-refractivity contribution in [2.75, 3.05) is 22.7 Å². The predicted molar refractivity (Wildman–Crippen MR) is 94.6 cm³/mol. The monoisotopic (exact) mass is 361 g/mol. The number of hydrogen-bond donors (Lipinski definition) is 2. The second kappa shape index (κ2) is 6.72. The van der Waals surface area contributed by atoms with E-state index in [9.17, 15) is 18.3 Å². The van der Waals surface area contributed by atoms with Crippen molar-refractivity contribution in [3.05, 3.63) is 47.7 Å². The van der Waals surface area contributed by atoms with Crippen molar-refractivity contribution < 1.29 is 18.3 Å². The lowest BCUT2D eigenvalue weighted by atomic mass is 10.2. The van der Waals surface area contributed by atoms with Gasteiger partial charge in [0, 0.05) is 13.1 Å². The fourth-order valence-electron chi connectivity index (χ4n) is 2.92. The number of rotatable bonds is 5. The van der Waals surface area contributed by atoms with Gasteiger partial charge in [0.15, 0.2) is 0 Å². The summed E-state index contributed by atoms with van der Waals surface area (Å²) in [5.41, 5.74) is 0.727. The highest BCUT2D eigenvalue weighted by Gasteiger charge is 2.23. The smallest absolute Gasteiger partial charge is 0.339 e. The zero-order valence-electron chi connectivity index (χ0n) is 13.8. The van der Waals surface area contributed by atoms with Crippen LogP contribution >= 0.6 is 0 Å². The van der Waals surface area contributed by atoms with E-state index in [1.807, 2.05) is 4.90 Å². The van der Waals surface area contributed by atoms with E-state index in [1.165, 1.54) is 18.3 Å². The Labute approximate surface area is 146 Å². The average molecular weight is 361 g/mol. The third-order valence-corrected chi connectivity index (χ3v) is 5.68. The van der Waals surface area contributed by atoms with Crippen LogP contribution in [0.1, 0.15) is 28.8 Å². The quantitative estimate of drug-likeness (QED) is 0.849. The van der Waals surface area contributed by atoms with E-state index in [2.05, 4.69) is 9.71 Å². The molecule has 2 heterocycles. The molecule has 1 aliphatic rings. The molecule has 0 atom stereocenters. The molecule has 1 saturated heterocycles. The van der Waals surface area contributed by atoms with Gasteiger partial charge in [0.05, 0.1) is 16.8 Å². The number of aryl methyl sites for hydroxylation is 1. The summed E-state index contributed by atoms with van der Waals surface area (Å²) in [6.45, 7) is 3.20. The zero-order valence-corrected chi connectivity index (χ0v) is 14.6. The molecule has 25 heavy (non-hydrogen) atoms. The molecule has 3 rings (SSSR count). The Morgan fingerprint density at radius 3 is 2.56 bits per heavy atom. The van der Waals surface area contributed by atoms with Gasteiger partial charge in [0.1, 0.15) is 11.4 Å². The van der Waals surface area contributed by atoms with Crippen LogP contribution in [0.4, 0.5) is 11.5 Å². The number of carboxylic acid groups (broad SMARTS) is 1. The van der Waals surface area contributed by atoms with Crippen LogP contribution in [-0.2, 0) is 10.0 Å². The van der Waals surface area contributed by atoms with Crippen molar-refractivity contribution >= 4 is 27.5 Å². The fourth-order valence-corrected chi connectivity index (χ4v) is 4.20. The Balaban J connectivity index is 1.94. The second-order valence-corrected chi connectivity index (χ2v) is 7.62. The summed E-state index contributed by atoms with van der Waals surface area (Å²) in [6, 6.07) is 7.91. The maximum Gasteiger partial charge on any atom is 0.339 e.